The van der Waals surface area contributed by atoms with Crippen LogP contribution >= 0.6 is 11.6 Å². The minimum atomic E-state index is -4.06. The molecule has 2 aromatic carbocycles. The molecule has 12 heteroatoms. The topological polar surface area (TPSA) is 122 Å². The number of amides is 1. The van der Waals surface area contributed by atoms with E-state index in [0.717, 1.165) is 12.3 Å². The lowest BCUT2D eigenvalue weighted by molar-refractivity contribution is -0.0258. The van der Waals surface area contributed by atoms with E-state index in [1.165, 1.54) is 32.4 Å². The third kappa shape index (κ3) is 5.67. The van der Waals surface area contributed by atoms with Crippen molar-refractivity contribution in [1.29, 1.82) is 0 Å². The Bertz CT molecular complexity index is 1150. The lowest BCUT2D eigenvalue weighted by Gasteiger charge is -2.16. The molecule has 2 aromatic rings. The second kappa shape index (κ2) is 8.67. The van der Waals surface area contributed by atoms with Crippen molar-refractivity contribution in [2.75, 3.05) is 30.5 Å². The molecule has 0 aromatic heterocycles. The molecule has 0 radical (unpaired) electrons. The van der Waals surface area contributed by atoms with Crippen LogP contribution < -0.4 is 10.0 Å². The molecule has 0 bridgehead atoms. The maximum absolute atomic E-state index is 12.6. The van der Waals surface area contributed by atoms with E-state index in [-0.39, 0.29) is 15.5 Å². The van der Waals surface area contributed by atoms with Gasteiger partial charge in [-0.3, -0.25) is 14.4 Å². The zero-order valence-corrected chi connectivity index (χ0v) is 18.4. The quantitative estimate of drug-likeness (QED) is 0.611. The molecule has 29 heavy (non-hydrogen) atoms. The second-order valence-electron chi connectivity index (χ2n) is 6.10. The highest BCUT2D eigenvalue weighted by Gasteiger charge is 2.25. The van der Waals surface area contributed by atoms with Crippen molar-refractivity contribution in [3.63, 3.8) is 0 Å². The molecule has 2 rings (SSSR count). The van der Waals surface area contributed by atoms with Crippen LogP contribution in [0, 0.1) is 6.92 Å². The van der Waals surface area contributed by atoms with Gasteiger partial charge in [-0.1, -0.05) is 22.1 Å². The molecular formula is C17H20ClN3O6S2. The van der Waals surface area contributed by atoms with Gasteiger partial charge in [0.1, 0.15) is 4.90 Å². The minimum absolute atomic E-state index is 0.0377. The van der Waals surface area contributed by atoms with Crippen LogP contribution in [0.4, 0.5) is 11.4 Å². The molecule has 0 unspecified atom stereocenters. The van der Waals surface area contributed by atoms with Gasteiger partial charge in [0.15, 0.2) is 0 Å². The zero-order valence-electron chi connectivity index (χ0n) is 16.1. The molecule has 0 saturated carbocycles. The number of hydroxylamine groups is 1. The SMILES string of the molecule is CON(C)S(=O)(=O)c1cc(C(=O)Nc2ccc(C)c(NS(C)(=O)=O)c2)ccc1Cl. The summed E-state index contributed by atoms with van der Waals surface area (Å²) in [5, 5.41) is 2.53. The lowest BCUT2D eigenvalue weighted by Crippen LogP contribution is -2.26. The Morgan fingerprint density at radius 1 is 1.10 bits per heavy atom. The summed E-state index contributed by atoms with van der Waals surface area (Å²) in [4.78, 5) is 17.0. The van der Waals surface area contributed by atoms with Gasteiger partial charge in [0, 0.05) is 18.3 Å². The molecule has 0 heterocycles. The Balaban J connectivity index is 2.35. The van der Waals surface area contributed by atoms with Crippen LogP contribution in [0.1, 0.15) is 15.9 Å². The summed E-state index contributed by atoms with van der Waals surface area (Å²) >= 11 is 5.99. The van der Waals surface area contributed by atoms with Crippen LogP contribution in [0.3, 0.4) is 0 Å². The average molecular weight is 462 g/mol. The zero-order chi connectivity index (χ0) is 22.0. The van der Waals surface area contributed by atoms with Crippen LogP contribution in [-0.2, 0) is 24.9 Å². The normalized spacial score (nSPS) is 12.1. The third-order valence-electron chi connectivity index (χ3n) is 3.86. The van der Waals surface area contributed by atoms with Crippen LogP contribution in [0.2, 0.25) is 5.02 Å². The van der Waals surface area contributed by atoms with E-state index in [0.29, 0.717) is 21.4 Å². The molecule has 1 amide bonds. The van der Waals surface area contributed by atoms with Crippen molar-refractivity contribution >= 4 is 48.9 Å². The summed E-state index contributed by atoms with van der Waals surface area (Å²) in [5.41, 5.74) is 1.33. The molecule has 0 atom stereocenters. The largest absolute Gasteiger partial charge is 0.322 e. The van der Waals surface area contributed by atoms with Crippen LogP contribution in [-0.4, -0.2) is 47.6 Å². The fourth-order valence-electron chi connectivity index (χ4n) is 2.29. The number of sulfonamides is 2. The summed E-state index contributed by atoms with van der Waals surface area (Å²) in [6.07, 6.45) is 1.02. The number of carbonyl (C=O) groups is 1. The van der Waals surface area contributed by atoms with Gasteiger partial charge in [0.2, 0.25) is 10.0 Å². The van der Waals surface area contributed by atoms with E-state index < -0.39 is 26.0 Å². The van der Waals surface area contributed by atoms with Crippen molar-refractivity contribution in [1.82, 2.24) is 4.47 Å². The van der Waals surface area contributed by atoms with Crippen molar-refractivity contribution in [2.45, 2.75) is 11.8 Å². The lowest BCUT2D eigenvalue weighted by atomic mass is 10.1. The fraction of sp³-hybridized carbons (Fsp3) is 0.235. The van der Waals surface area contributed by atoms with Gasteiger partial charge in [0.05, 0.1) is 24.1 Å². The van der Waals surface area contributed by atoms with Gasteiger partial charge < -0.3 is 5.32 Å². The first-order valence-corrected chi connectivity index (χ1v) is 11.8. The number of hydrogen-bond acceptors (Lipinski definition) is 6. The number of anilines is 2. The monoisotopic (exact) mass is 461 g/mol. The van der Waals surface area contributed by atoms with E-state index >= 15 is 0 Å². The second-order valence-corrected chi connectivity index (χ2v) is 10.2. The average Bonchev–Trinajstić information content (AvgIpc) is 2.62. The standard InChI is InChI=1S/C17H20ClN3O6S2/c1-11-5-7-13(10-15(11)20-28(4,23)24)19-17(22)12-6-8-14(18)16(9-12)29(25,26)21(2)27-3/h5-10,20H,1-4H3,(H,19,22). The maximum atomic E-state index is 12.6. The Kier molecular flexibility index (Phi) is 6.91. The number of benzene rings is 2. The summed E-state index contributed by atoms with van der Waals surface area (Å²) in [7, 11) is -5.18. The molecule has 0 fully saturated rings. The van der Waals surface area contributed by atoms with Gasteiger partial charge >= 0.3 is 0 Å². The number of carbonyl (C=O) groups excluding carboxylic acids is 1. The van der Waals surface area contributed by atoms with E-state index in [2.05, 4.69) is 10.0 Å². The fourth-order valence-corrected chi connectivity index (χ4v) is 4.38. The highest BCUT2D eigenvalue weighted by molar-refractivity contribution is 7.92. The van der Waals surface area contributed by atoms with Crippen molar-refractivity contribution in [3.8, 4) is 0 Å². The summed E-state index contributed by atoms with van der Waals surface area (Å²) < 4.78 is 50.8. The third-order valence-corrected chi connectivity index (χ3v) is 6.61. The van der Waals surface area contributed by atoms with E-state index in [4.69, 9.17) is 16.4 Å². The van der Waals surface area contributed by atoms with Crippen LogP contribution in [0.15, 0.2) is 41.3 Å². The number of halogens is 1. The van der Waals surface area contributed by atoms with Crippen molar-refractivity contribution in [2.24, 2.45) is 0 Å². The molecule has 9 nitrogen and oxygen atoms in total. The summed E-state index contributed by atoms with van der Waals surface area (Å²) in [6, 6.07) is 8.47. The maximum Gasteiger partial charge on any atom is 0.266 e. The van der Waals surface area contributed by atoms with Crippen LogP contribution in [0.5, 0.6) is 0 Å². The Labute approximate surface area is 174 Å². The summed E-state index contributed by atoms with van der Waals surface area (Å²) in [6.45, 7) is 1.71. The van der Waals surface area contributed by atoms with Gasteiger partial charge in [-0.2, -0.15) is 0 Å². The molecule has 0 aliphatic carbocycles. The van der Waals surface area contributed by atoms with Gasteiger partial charge in [-0.25, -0.2) is 16.8 Å². The molecule has 0 saturated heterocycles. The van der Waals surface area contributed by atoms with Gasteiger partial charge in [-0.05, 0) is 42.8 Å². The highest BCUT2D eigenvalue weighted by atomic mass is 35.5. The molecule has 0 aliphatic heterocycles. The van der Waals surface area contributed by atoms with E-state index in [9.17, 15) is 21.6 Å². The number of aryl methyl sites for hydroxylation is 1. The minimum Gasteiger partial charge on any atom is -0.322 e. The number of hydrogen-bond donors (Lipinski definition) is 2. The Hall–Kier alpha value is -2.18. The Morgan fingerprint density at radius 2 is 1.76 bits per heavy atom. The first-order chi connectivity index (χ1) is 13.3. The van der Waals surface area contributed by atoms with E-state index in [1.807, 2.05) is 0 Å². The molecule has 158 valence electrons. The predicted octanol–water partition coefficient (Wildman–Crippen LogP) is 2.45. The van der Waals surface area contributed by atoms with Gasteiger partial charge in [0.25, 0.3) is 15.9 Å². The molecule has 2 N–H and O–H groups in total. The number of rotatable bonds is 7. The summed E-state index contributed by atoms with van der Waals surface area (Å²) in [5.74, 6) is -0.604. The number of nitrogens with one attached hydrogen (secondary N) is 2. The van der Waals surface area contributed by atoms with E-state index in [1.54, 1.807) is 19.1 Å². The first kappa shape index (κ1) is 23.1. The van der Waals surface area contributed by atoms with Gasteiger partial charge in [-0.15, -0.1) is 0 Å². The first-order valence-electron chi connectivity index (χ1n) is 8.07. The van der Waals surface area contributed by atoms with Crippen molar-refractivity contribution < 1.29 is 26.5 Å². The number of nitrogens with zero attached hydrogens (tertiary/aromatic N) is 1. The highest BCUT2D eigenvalue weighted by Crippen LogP contribution is 2.26. The predicted molar refractivity (Wildman–Crippen MR) is 111 cm³/mol. The Morgan fingerprint density at radius 3 is 2.34 bits per heavy atom. The smallest absolute Gasteiger partial charge is 0.266 e. The van der Waals surface area contributed by atoms with Crippen LogP contribution in [0.25, 0.3) is 0 Å². The van der Waals surface area contributed by atoms with Crippen molar-refractivity contribution in [3.05, 3.63) is 52.5 Å². The molecule has 0 aliphatic rings. The molecular weight excluding hydrogens is 442 g/mol. The molecule has 0 spiro atoms.